The van der Waals surface area contributed by atoms with E-state index in [2.05, 4.69) is 62.6 Å². The third-order valence-electron chi connectivity index (χ3n) is 5.29. The molecule has 31 heavy (non-hydrogen) atoms. The van der Waals surface area contributed by atoms with Gasteiger partial charge in [-0.05, 0) is 27.0 Å². The van der Waals surface area contributed by atoms with Crippen LogP contribution in [0, 0.1) is 11.3 Å². The van der Waals surface area contributed by atoms with Gasteiger partial charge in [0, 0.05) is 54.2 Å². The summed E-state index contributed by atoms with van der Waals surface area (Å²) in [5.41, 5.74) is 3.70. The van der Waals surface area contributed by atoms with E-state index in [-0.39, 0.29) is 6.04 Å². The predicted molar refractivity (Wildman–Crippen MR) is 116 cm³/mol. The highest BCUT2D eigenvalue weighted by Crippen LogP contribution is 2.30. The standard InChI is InChI=1S/C21H22N10/c1-13(2)26-18-5-20(31-21-15(8-25-31)4-14(6-22)7-24-21)23-9-17(18)19-12-30(28-27-19)16-10-29(3)11-16/h4-5,7-9,12-13,16H,10-11H2,1-3H3,(H,23,26). The third kappa shape index (κ3) is 3.49. The minimum absolute atomic E-state index is 0.218. The van der Waals surface area contributed by atoms with E-state index in [9.17, 15) is 0 Å². The molecule has 10 nitrogen and oxygen atoms in total. The summed E-state index contributed by atoms with van der Waals surface area (Å²) in [4.78, 5) is 11.3. The van der Waals surface area contributed by atoms with Crippen LogP contribution in [0.4, 0.5) is 5.69 Å². The number of anilines is 1. The summed E-state index contributed by atoms with van der Waals surface area (Å²) < 4.78 is 3.60. The highest BCUT2D eigenvalue weighted by molar-refractivity contribution is 5.79. The van der Waals surface area contributed by atoms with Crippen LogP contribution in [0.15, 0.2) is 36.9 Å². The van der Waals surface area contributed by atoms with Gasteiger partial charge in [-0.2, -0.15) is 15.0 Å². The topological polar surface area (TPSA) is 113 Å². The van der Waals surface area contributed by atoms with Crippen LogP contribution in [0.2, 0.25) is 0 Å². The van der Waals surface area contributed by atoms with E-state index in [4.69, 9.17) is 5.26 Å². The molecule has 0 amide bonds. The maximum atomic E-state index is 9.10. The van der Waals surface area contributed by atoms with Gasteiger partial charge in [-0.3, -0.25) is 0 Å². The van der Waals surface area contributed by atoms with Gasteiger partial charge in [0.25, 0.3) is 0 Å². The summed E-state index contributed by atoms with van der Waals surface area (Å²) in [6.07, 6.45) is 7.00. The number of nitriles is 1. The van der Waals surface area contributed by atoms with Gasteiger partial charge in [-0.1, -0.05) is 5.21 Å². The summed E-state index contributed by atoms with van der Waals surface area (Å²) in [5.74, 6) is 0.632. The van der Waals surface area contributed by atoms with E-state index in [1.54, 1.807) is 29.3 Å². The number of pyridine rings is 2. The van der Waals surface area contributed by atoms with Gasteiger partial charge in [0.2, 0.25) is 0 Å². The lowest BCUT2D eigenvalue weighted by Gasteiger charge is -2.35. The van der Waals surface area contributed by atoms with E-state index in [0.29, 0.717) is 23.1 Å². The first-order valence-corrected chi connectivity index (χ1v) is 10.1. The van der Waals surface area contributed by atoms with E-state index in [0.717, 1.165) is 35.4 Å². The van der Waals surface area contributed by atoms with Crippen molar-refractivity contribution in [3.63, 3.8) is 0 Å². The van der Waals surface area contributed by atoms with Crippen molar-refractivity contribution >= 4 is 16.7 Å². The van der Waals surface area contributed by atoms with Gasteiger partial charge in [0.05, 0.1) is 24.0 Å². The van der Waals surface area contributed by atoms with E-state index < -0.39 is 0 Å². The Bertz CT molecular complexity index is 1290. The van der Waals surface area contributed by atoms with Crippen molar-refractivity contribution in [2.45, 2.75) is 25.9 Å². The highest BCUT2D eigenvalue weighted by Gasteiger charge is 2.26. The number of hydrogen-bond acceptors (Lipinski definition) is 8. The first-order valence-electron chi connectivity index (χ1n) is 10.1. The van der Waals surface area contributed by atoms with Gasteiger partial charge in [-0.15, -0.1) is 5.10 Å². The molecule has 1 N–H and O–H groups in total. The Hall–Kier alpha value is -3.84. The zero-order valence-electron chi connectivity index (χ0n) is 17.6. The van der Waals surface area contributed by atoms with Crippen molar-refractivity contribution in [2.24, 2.45) is 0 Å². The van der Waals surface area contributed by atoms with E-state index in [1.165, 1.54) is 0 Å². The highest BCUT2D eigenvalue weighted by atomic mass is 15.5. The molecule has 10 heteroatoms. The Morgan fingerprint density at radius 1 is 1.16 bits per heavy atom. The second-order valence-corrected chi connectivity index (χ2v) is 8.15. The van der Waals surface area contributed by atoms with Crippen LogP contribution in [-0.4, -0.2) is 65.8 Å². The summed E-state index contributed by atoms with van der Waals surface area (Å²) in [5, 5.41) is 26.5. The molecule has 1 saturated heterocycles. The first kappa shape index (κ1) is 19.1. The van der Waals surface area contributed by atoms with Gasteiger partial charge >= 0.3 is 0 Å². The molecule has 4 aromatic rings. The Morgan fingerprint density at radius 3 is 2.74 bits per heavy atom. The SMILES string of the molecule is CC(C)Nc1cc(-n2ncc3cc(C#N)cnc32)ncc1-c1cn(C2CN(C)C2)nn1. The van der Waals surface area contributed by atoms with Gasteiger partial charge in [0.15, 0.2) is 11.5 Å². The van der Waals surface area contributed by atoms with Crippen molar-refractivity contribution in [1.29, 1.82) is 5.26 Å². The minimum atomic E-state index is 0.218. The number of nitrogens with one attached hydrogen (secondary N) is 1. The molecule has 0 unspecified atom stereocenters. The molecule has 5 rings (SSSR count). The molecule has 0 radical (unpaired) electrons. The third-order valence-corrected chi connectivity index (χ3v) is 5.29. The first-order chi connectivity index (χ1) is 15.0. The average Bonchev–Trinajstić information content (AvgIpc) is 3.37. The lowest BCUT2D eigenvalue weighted by Crippen LogP contribution is -2.45. The molecule has 1 aliphatic heterocycles. The fourth-order valence-electron chi connectivity index (χ4n) is 3.76. The number of rotatable bonds is 5. The fraction of sp³-hybridized carbons (Fsp3) is 0.333. The molecule has 0 bridgehead atoms. The Morgan fingerprint density at radius 2 is 2.00 bits per heavy atom. The molecular weight excluding hydrogens is 392 g/mol. The number of likely N-dealkylation sites (tertiary alicyclic amines) is 1. The van der Waals surface area contributed by atoms with Crippen LogP contribution in [0.25, 0.3) is 28.1 Å². The molecule has 5 heterocycles. The summed E-state index contributed by atoms with van der Waals surface area (Å²) >= 11 is 0. The lowest BCUT2D eigenvalue weighted by atomic mass is 10.1. The van der Waals surface area contributed by atoms with Crippen LogP contribution in [0.1, 0.15) is 25.5 Å². The molecular formula is C21H22N10. The maximum absolute atomic E-state index is 9.10. The smallest absolute Gasteiger partial charge is 0.164 e. The molecule has 1 aliphatic rings. The summed E-state index contributed by atoms with van der Waals surface area (Å²) in [6, 6.07) is 6.39. The number of aromatic nitrogens is 7. The van der Waals surface area contributed by atoms with E-state index in [1.807, 2.05) is 16.9 Å². The van der Waals surface area contributed by atoms with Crippen molar-refractivity contribution in [2.75, 3.05) is 25.5 Å². The van der Waals surface area contributed by atoms with E-state index >= 15 is 0 Å². The van der Waals surface area contributed by atoms with Crippen molar-refractivity contribution in [3.05, 3.63) is 42.5 Å². The summed E-state index contributed by atoms with van der Waals surface area (Å²) in [6.45, 7) is 6.12. The van der Waals surface area contributed by atoms with Crippen molar-refractivity contribution < 1.29 is 0 Å². The van der Waals surface area contributed by atoms with Crippen LogP contribution in [-0.2, 0) is 0 Å². The Labute approximate surface area is 179 Å². The molecule has 4 aromatic heterocycles. The molecule has 156 valence electrons. The number of fused-ring (bicyclic) bond motifs is 1. The average molecular weight is 414 g/mol. The Kier molecular flexibility index (Phi) is 4.60. The maximum Gasteiger partial charge on any atom is 0.164 e. The van der Waals surface area contributed by atoms with Crippen LogP contribution >= 0.6 is 0 Å². The van der Waals surface area contributed by atoms with Crippen LogP contribution in [0.3, 0.4) is 0 Å². The molecule has 0 saturated carbocycles. The van der Waals surface area contributed by atoms with Crippen molar-refractivity contribution in [3.8, 4) is 23.1 Å². The zero-order chi connectivity index (χ0) is 21.5. The minimum Gasteiger partial charge on any atom is -0.382 e. The molecule has 0 atom stereocenters. The second kappa shape index (κ2) is 7.45. The van der Waals surface area contributed by atoms with Gasteiger partial charge in [-0.25, -0.2) is 14.6 Å². The normalized spacial score (nSPS) is 14.7. The van der Waals surface area contributed by atoms with Crippen molar-refractivity contribution in [1.82, 2.24) is 39.6 Å². The quantitative estimate of drug-likeness (QED) is 0.529. The van der Waals surface area contributed by atoms with Crippen LogP contribution in [0.5, 0.6) is 0 Å². The number of nitrogens with zero attached hydrogens (tertiary/aromatic N) is 9. The predicted octanol–water partition coefficient (Wildman–Crippen LogP) is 2.25. The van der Waals surface area contributed by atoms with Gasteiger partial charge < -0.3 is 10.2 Å². The second-order valence-electron chi connectivity index (χ2n) is 8.15. The van der Waals surface area contributed by atoms with Gasteiger partial charge in [0.1, 0.15) is 11.8 Å². The molecule has 1 fully saturated rings. The molecule has 0 aromatic carbocycles. The molecule has 0 aliphatic carbocycles. The Balaban J connectivity index is 1.54. The number of likely N-dealkylation sites (N-methyl/N-ethyl adjacent to an activating group) is 1. The largest absolute Gasteiger partial charge is 0.382 e. The lowest BCUT2D eigenvalue weighted by molar-refractivity contribution is 0.129. The molecule has 0 spiro atoms. The number of hydrogen-bond donors (Lipinski definition) is 1. The zero-order valence-corrected chi connectivity index (χ0v) is 17.6. The fourth-order valence-corrected chi connectivity index (χ4v) is 3.76. The summed E-state index contributed by atoms with van der Waals surface area (Å²) in [7, 11) is 2.09. The monoisotopic (exact) mass is 414 g/mol. The van der Waals surface area contributed by atoms with Crippen LogP contribution < -0.4 is 5.32 Å².